The summed E-state index contributed by atoms with van der Waals surface area (Å²) in [4.78, 5) is 33.3. The largest absolute Gasteiger partial charge is 0.493 e. The summed E-state index contributed by atoms with van der Waals surface area (Å²) in [5, 5.41) is 5.07. The SMILES string of the molecule is CNC(=O)/C=C/C(=O)N1CC(Oc2cc3c(Nc4ccc(F)c(Cl)c4F)ncnc3cc2OC)C1. The summed E-state index contributed by atoms with van der Waals surface area (Å²) in [5.74, 6) is -1.49. The van der Waals surface area contributed by atoms with Crippen LogP contribution in [0, 0.1) is 11.6 Å². The van der Waals surface area contributed by atoms with E-state index in [0.717, 1.165) is 12.1 Å². The number of halogens is 3. The van der Waals surface area contributed by atoms with Crippen molar-refractivity contribution in [3.8, 4) is 11.5 Å². The van der Waals surface area contributed by atoms with Gasteiger partial charge in [0.2, 0.25) is 11.8 Å². The van der Waals surface area contributed by atoms with Gasteiger partial charge in [-0.25, -0.2) is 18.7 Å². The first kappa shape index (κ1) is 24.1. The van der Waals surface area contributed by atoms with E-state index < -0.39 is 16.7 Å². The number of likely N-dealkylation sites (tertiary alicyclic amines) is 1. The molecule has 1 aliphatic heterocycles. The molecule has 0 unspecified atom stereocenters. The number of ether oxygens (including phenoxy) is 2. The van der Waals surface area contributed by atoms with Gasteiger partial charge in [-0.15, -0.1) is 0 Å². The Balaban J connectivity index is 1.55. The maximum atomic E-state index is 14.4. The number of nitrogens with one attached hydrogen (secondary N) is 2. The molecule has 9 nitrogen and oxygen atoms in total. The zero-order chi connectivity index (χ0) is 25.1. The Bertz CT molecular complexity index is 1330. The predicted molar refractivity (Wildman–Crippen MR) is 125 cm³/mol. The molecule has 0 radical (unpaired) electrons. The monoisotopic (exact) mass is 503 g/mol. The first-order chi connectivity index (χ1) is 16.8. The molecule has 3 aromatic rings. The van der Waals surface area contributed by atoms with E-state index in [2.05, 4.69) is 20.6 Å². The second-order valence-corrected chi connectivity index (χ2v) is 7.90. The van der Waals surface area contributed by atoms with Gasteiger partial charge >= 0.3 is 0 Å². The molecular weight excluding hydrogens is 484 g/mol. The second-order valence-electron chi connectivity index (χ2n) is 7.52. The van der Waals surface area contributed by atoms with Crippen LogP contribution in [0.3, 0.4) is 0 Å². The van der Waals surface area contributed by atoms with Gasteiger partial charge in [-0.1, -0.05) is 11.6 Å². The molecule has 0 atom stereocenters. The number of anilines is 2. The predicted octanol–water partition coefficient (Wildman–Crippen LogP) is 3.21. The van der Waals surface area contributed by atoms with E-state index in [0.29, 0.717) is 35.5 Å². The molecule has 1 saturated heterocycles. The average Bonchev–Trinajstić information content (AvgIpc) is 2.84. The highest BCUT2D eigenvalue weighted by molar-refractivity contribution is 6.31. The van der Waals surface area contributed by atoms with Crippen molar-refractivity contribution in [1.29, 1.82) is 0 Å². The number of carbonyl (C=O) groups excluding carboxylic acids is 2. The van der Waals surface area contributed by atoms with Crippen LogP contribution in [0.1, 0.15) is 0 Å². The number of methoxy groups -OCH3 is 1. The highest BCUT2D eigenvalue weighted by atomic mass is 35.5. The maximum Gasteiger partial charge on any atom is 0.247 e. The van der Waals surface area contributed by atoms with Gasteiger partial charge in [0.1, 0.15) is 29.1 Å². The lowest BCUT2D eigenvalue weighted by atomic mass is 10.1. The van der Waals surface area contributed by atoms with Crippen LogP contribution in [0.25, 0.3) is 10.9 Å². The minimum atomic E-state index is -0.951. The van der Waals surface area contributed by atoms with Gasteiger partial charge in [0.15, 0.2) is 17.3 Å². The number of hydrogen-bond acceptors (Lipinski definition) is 7. The minimum Gasteiger partial charge on any atom is -0.493 e. The van der Waals surface area contributed by atoms with Crippen molar-refractivity contribution in [3.05, 3.63) is 59.4 Å². The molecule has 12 heteroatoms. The molecule has 182 valence electrons. The van der Waals surface area contributed by atoms with Crippen LogP contribution in [0.4, 0.5) is 20.3 Å². The summed E-state index contributed by atoms with van der Waals surface area (Å²) in [6.07, 6.45) is 3.33. The fourth-order valence-corrected chi connectivity index (χ4v) is 3.54. The van der Waals surface area contributed by atoms with Crippen LogP contribution >= 0.6 is 11.6 Å². The van der Waals surface area contributed by atoms with Gasteiger partial charge in [-0.05, 0) is 18.2 Å². The third-order valence-corrected chi connectivity index (χ3v) is 5.63. The van der Waals surface area contributed by atoms with Gasteiger partial charge in [-0.3, -0.25) is 9.59 Å². The van der Waals surface area contributed by atoms with Crippen molar-refractivity contribution in [2.75, 3.05) is 32.6 Å². The number of likely N-dealkylation sites (N-methyl/N-ethyl adjacent to an activating group) is 1. The number of amides is 2. The van der Waals surface area contributed by atoms with Gasteiger partial charge in [0.25, 0.3) is 0 Å². The molecule has 2 heterocycles. The summed E-state index contributed by atoms with van der Waals surface area (Å²) in [6.45, 7) is 0.627. The molecule has 2 amide bonds. The third-order valence-electron chi connectivity index (χ3n) is 5.29. The van der Waals surface area contributed by atoms with E-state index in [1.807, 2.05) is 0 Å². The molecule has 2 N–H and O–H groups in total. The van der Waals surface area contributed by atoms with Crippen molar-refractivity contribution in [1.82, 2.24) is 20.2 Å². The van der Waals surface area contributed by atoms with Crippen molar-refractivity contribution in [2.24, 2.45) is 0 Å². The number of aromatic nitrogens is 2. The van der Waals surface area contributed by atoms with E-state index in [4.69, 9.17) is 21.1 Å². The highest BCUT2D eigenvalue weighted by Crippen LogP contribution is 2.37. The lowest BCUT2D eigenvalue weighted by molar-refractivity contribution is -0.134. The second kappa shape index (κ2) is 10.1. The van der Waals surface area contributed by atoms with Crippen LogP contribution in [-0.4, -0.2) is 60.0 Å². The lowest BCUT2D eigenvalue weighted by Crippen LogP contribution is -2.55. The molecule has 4 rings (SSSR count). The number of benzene rings is 2. The van der Waals surface area contributed by atoms with Crippen molar-refractivity contribution < 1.29 is 27.8 Å². The maximum absolute atomic E-state index is 14.4. The Morgan fingerprint density at radius 3 is 2.66 bits per heavy atom. The Kier molecular flexibility index (Phi) is 6.97. The first-order valence-electron chi connectivity index (χ1n) is 10.4. The van der Waals surface area contributed by atoms with E-state index in [1.165, 1.54) is 37.5 Å². The van der Waals surface area contributed by atoms with E-state index in [9.17, 15) is 18.4 Å². The number of carbonyl (C=O) groups is 2. The van der Waals surface area contributed by atoms with Gasteiger partial charge < -0.3 is 25.0 Å². The van der Waals surface area contributed by atoms with Crippen LogP contribution < -0.4 is 20.1 Å². The highest BCUT2D eigenvalue weighted by Gasteiger charge is 2.32. The molecule has 0 bridgehead atoms. The van der Waals surface area contributed by atoms with E-state index >= 15 is 0 Å². The standard InChI is InChI=1S/C23H20ClF2N5O4/c1-27-19(32)5-6-20(33)31-9-12(10-31)35-18-7-13-16(8-17(18)34-2)28-11-29-23(13)30-15-4-3-14(25)21(24)22(15)26/h3-8,11-12H,9-10H2,1-2H3,(H,27,32)(H,28,29,30)/b6-5+. The summed E-state index contributed by atoms with van der Waals surface area (Å²) >= 11 is 5.68. The Morgan fingerprint density at radius 1 is 1.17 bits per heavy atom. The molecule has 0 saturated carbocycles. The fourth-order valence-electron chi connectivity index (χ4n) is 3.37. The quantitative estimate of drug-likeness (QED) is 0.377. The third kappa shape index (κ3) is 5.09. The van der Waals surface area contributed by atoms with Gasteiger partial charge in [0, 0.05) is 30.7 Å². The molecule has 1 aliphatic rings. The molecule has 35 heavy (non-hydrogen) atoms. The first-order valence-corrected chi connectivity index (χ1v) is 10.8. The zero-order valence-electron chi connectivity index (χ0n) is 18.6. The molecule has 0 aliphatic carbocycles. The molecule has 1 aromatic heterocycles. The van der Waals surface area contributed by atoms with Crippen molar-refractivity contribution in [2.45, 2.75) is 6.10 Å². The summed E-state index contributed by atoms with van der Waals surface area (Å²) in [7, 11) is 2.95. The number of rotatable bonds is 7. The summed E-state index contributed by atoms with van der Waals surface area (Å²) < 4.78 is 39.4. The topological polar surface area (TPSA) is 106 Å². The van der Waals surface area contributed by atoms with Crippen molar-refractivity contribution in [3.63, 3.8) is 0 Å². The van der Waals surface area contributed by atoms with Crippen LogP contribution in [0.2, 0.25) is 5.02 Å². The minimum absolute atomic E-state index is 0.0624. The molecule has 1 fully saturated rings. The Labute approximate surface area is 203 Å². The number of fused-ring (bicyclic) bond motifs is 1. The van der Waals surface area contributed by atoms with Gasteiger partial charge in [-0.2, -0.15) is 0 Å². The Hall–Kier alpha value is -3.99. The number of hydrogen-bond donors (Lipinski definition) is 2. The summed E-state index contributed by atoms with van der Waals surface area (Å²) in [6, 6.07) is 5.53. The normalized spacial score (nSPS) is 13.6. The molecule has 2 aromatic carbocycles. The Morgan fingerprint density at radius 2 is 1.94 bits per heavy atom. The average molecular weight is 504 g/mol. The van der Waals surface area contributed by atoms with E-state index in [1.54, 1.807) is 12.1 Å². The van der Waals surface area contributed by atoms with Crippen LogP contribution in [0.15, 0.2) is 42.7 Å². The fraction of sp³-hybridized carbons (Fsp3) is 0.217. The van der Waals surface area contributed by atoms with Crippen molar-refractivity contribution >= 4 is 45.8 Å². The molecule has 0 spiro atoms. The number of nitrogens with zero attached hydrogens (tertiary/aromatic N) is 3. The summed E-state index contributed by atoms with van der Waals surface area (Å²) in [5.41, 5.74) is 0.428. The lowest BCUT2D eigenvalue weighted by Gasteiger charge is -2.38. The van der Waals surface area contributed by atoms with Crippen LogP contribution in [0.5, 0.6) is 11.5 Å². The molecular formula is C23H20ClF2N5O4. The zero-order valence-corrected chi connectivity index (χ0v) is 19.4. The van der Waals surface area contributed by atoms with Gasteiger partial charge in [0.05, 0.1) is 31.4 Å². The van der Waals surface area contributed by atoms with Crippen LogP contribution in [-0.2, 0) is 9.59 Å². The van der Waals surface area contributed by atoms with E-state index in [-0.39, 0.29) is 29.4 Å². The smallest absolute Gasteiger partial charge is 0.247 e.